The number of hydrogen-bond donors (Lipinski definition) is 2. The average molecular weight is 318 g/mol. The molecule has 23 heavy (non-hydrogen) atoms. The van der Waals surface area contributed by atoms with Gasteiger partial charge in [-0.3, -0.25) is 14.8 Å². The molecule has 6 nitrogen and oxygen atoms in total. The fraction of sp³-hybridized carbons (Fsp3) is 0.529. The van der Waals surface area contributed by atoms with Crippen LogP contribution in [0.25, 0.3) is 0 Å². The highest BCUT2D eigenvalue weighted by atomic mass is 16.5. The maximum absolute atomic E-state index is 12.8. The van der Waals surface area contributed by atoms with E-state index in [1.165, 1.54) is 5.56 Å². The molecule has 1 heterocycles. The Bertz CT molecular complexity index is 631. The molecule has 2 N–H and O–H groups in total. The summed E-state index contributed by atoms with van der Waals surface area (Å²) in [6.07, 6.45) is 3.22. The van der Waals surface area contributed by atoms with E-state index < -0.39 is 5.91 Å². The Morgan fingerprint density at radius 3 is 2.96 bits per heavy atom. The number of nitrogens with one attached hydrogen (secondary N) is 1. The second-order valence-electron chi connectivity index (χ2n) is 6.42. The Labute approximate surface area is 135 Å². The van der Waals surface area contributed by atoms with Crippen molar-refractivity contribution in [2.45, 2.75) is 25.7 Å². The number of methoxy groups -OCH3 is 1. The molecule has 1 aromatic carbocycles. The van der Waals surface area contributed by atoms with Crippen molar-refractivity contribution in [3.63, 3.8) is 0 Å². The summed E-state index contributed by atoms with van der Waals surface area (Å²) in [5.74, 6) is -0.316. The fourth-order valence-electron chi connectivity index (χ4n) is 3.77. The van der Waals surface area contributed by atoms with Crippen molar-refractivity contribution in [3.8, 4) is 0 Å². The molecule has 124 valence electrons. The van der Waals surface area contributed by atoms with Gasteiger partial charge in [-0.2, -0.15) is 0 Å². The van der Waals surface area contributed by atoms with Crippen molar-refractivity contribution < 1.29 is 19.5 Å². The third-order valence-electron chi connectivity index (χ3n) is 5.14. The van der Waals surface area contributed by atoms with E-state index in [-0.39, 0.29) is 11.3 Å². The SMILES string of the molecule is COCCN1CC[C@]2(CCc3ccc(C(=O)NO)cc3C2)C1=O. The first-order valence-electron chi connectivity index (χ1n) is 7.94. The van der Waals surface area contributed by atoms with Gasteiger partial charge in [0.25, 0.3) is 5.91 Å². The van der Waals surface area contributed by atoms with Gasteiger partial charge in [-0.15, -0.1) is 0 Å². The summed E-state index contributed by atoms with van der Waals surface area (Å²) in [5, 5.41) is 8.78. The number of fused-ring (bicyclic) bond motifs is 1. The van der Waals surface area contributed by atoms with Crippen LogP contribution in [0.2, 0.25) is 0 Å². The first kappa shape index (κ1) is 16.0. The van der Waals surface area contributed by atoms with Crippen molar-refractivity contribution in [2.24, 2.45) is 5.41 Å². The van der Waals surface area contributed by atoms with Gasteiger partial charge in [-0.05, 0) is 48.9 Å². The lowest BCUT2D eigenvalue weighted by Crippen LogP contribution is -2.39. The minimum absolute atomic E-state index is 0.206. The second-order valence-corrected chi connectivity index (χ2v) is 6.42. The number of rotatable bonds is 4. The zero-order valence-corrected chi connectivity index (χ0v) is 13.3. The van der Waals surface area contributed by atoms with E-state index >= 15 is 0 Å². The lowest BCUT2D eigenvalue weighted by atomic mass is 9.70. The molecular weight excluding hydrogens is 296 g/mol. The molecule has 2 amide bonds. The van der Waals surface area contributed by atoms with Crippen molar-refractivity contribution in [1.82, 2.24) is 10.4 Å². The largest absolute Gasteiger partial charge is 0.383 e. The summed E-state index contributed by atoms with van der Waals surface area (Å²) in [7, 11) is 1.64. The fourth-order valence-corrected chi connectivity index (χ4v) is 3.77. The molecule has 0 unspecified atom stereocenters. The minimum Gasteiger partial charge on any atom is -0.383 e. The van der Waals surface area contributed by atoms with Crippen LogP contribution in [0.15, 0.2) is 18.2 Å². The van der Waals surface area contributed by atoms with Crippen LogP contribution in [0.3, 0.4) is 0 Å². The van der Waals surface area contributed by atoms with E-state index in [9.17, 15) is 9.59 Å². The van der Waals surface area contributed by atoms with E-state index in [1.807, 2.05) is 11.0 Å². The van der Waals surface area contributed by atoms with Gasteiger partial charge in [0, 0.05) is 25.8 Å². The number of aryl methyl sites for hydroxylation is 1. The van der Waals surface area contributed by atoms with Crippen LogP contribution in [0, 0.1) is 5.41 Å². The van der Waals surface area contributed by atoms with Gasteiger partial charge >= 0.3 is 0 Å². The highest BCUT2D eigenvalue weighted by molar-refractivity contribution is 5.93. The molecule has 3 rings (SSSR count). The first-order valence-corrected chi connectivity index (χ1v) is 7.94. The van der Waals surface area contributed by atoms with Gasteiger partial charge in [0.15, 0.2) is 0 Å². The predicted molar refractivity (Wildman–Crippen MR) is 83.2 cm³/mol. The highest BCUT2D eigenvalue weighted by Gasteiger charge is 2.47. The Hall–Kier alpha value is -1.92. The van der Waals surface area contributed by atoms with Gasteiger partial charge in [-0.25, -0.2) is 5.48 Å². The monoisotopic (exact) mass is 318 g/mol. The van der Waals surface area contributed by atoms with E-state index in [4.69, 9.17) is 9.94 Å². The van der Waals surface area contributed by atoms with Crippen LogP contribution < -0.4 is 5.48 Å². The molecule has 0 bridgehead atoms. The Morgan fingerprint density at radius 1 is 1.39 bits per heavy atom. The Balaban J connectivity index is 1.82. The number of benzene rings is 1. The van der Waals surface area contributed by atoms with Gasteiger partial charge in [-0.1, -0.05) is 6.07 Å². The molecule has 0 saturated carbocycles. The smallest absolute Gasteiger partial charge is 0.274 e. The number of hydrogen-bond acceptors (Lipinski definition) is 4. The van der Waals surface area contributed by atoms with Gasteiger partial charge in [0.1, 0.15) is 0 Å². The molecule has 1 aliphatic heterocycles. The second kappa shape index (κ2) is 6.29. The molecule has 1 atom stereocenters. The molecule has 0 radical (unpaired) electrons. The topological polar surface area (TPSA) is 78.9 Å². The van der Waals surface area contributed by atoms with E-state index in [0.717, 1.165) is 31.4 Å². The number of carbonyl (C=O) groups is 2. The van der Waals surface area contributed by atoms with Crippen LogP contribution >= 0.6 is 0 Å². The van der Waals surface area contributed by atoms with Crippen molar-refractivity contribution in [3.05, 3.63) is 34.9 Å². The van der Waals surface area contributed by atoms with Crippen LogP contribution in [0.4, 0.5) is 0 Å². The summed E-state index contributed by atoms with van der Waals surface area (Å²) in [5.41, 5.74) is 3.97. The van der Waals surface area contributed by atoms with E-state index in [1.54, 1.807) is 24.7 Å². The molecule has 2 aliphatic rings. The lowest BCUT2D eigenvalue weighted by molar-refractivity contribution is -0.137. The van der Waals surface area contributed by atoms with Gasteiger partial charge < -0.3 is 9.64 Å². The standard InChI is InChI=1S/C17H22N2O4/c1-23-9-8-19-7-6-17(16(19)21)5-4-12-2-3-13(15(20)18-22)10-14(12)11-17/h2-3,10,22H,4-9,11H2,1H3,(H,18,20)/t17-/m0/s1. The molecular formula is C17H22N2O4. The predicted octanol–water partition coefficient (Wildman–Crippen LogP) is 1.16. The zero-order chi connectivity index (χ0) is 16.4. The van der Waals surface area contributed by atoms with Gasteiger partial charge in [0.05, 0.1) is 12.0 Å². The molecule has 6 heteroatoms. The highest BCUT2D eigenvalue weighted by Crippen LogP contribution is 2.43. The summed E-state index contributed by atoms with van der Waals surface area (Å²) in [4.78, 5) is 26.3. The Morgan fingerprint density at radius 2 is 2.22 bits per heavy atom. The van der Waals surface area contributed by atoms with E-state index in [2.05, 4.69) is 0 Å². The molecule has 1 spiro atoms. The van der Waals surface area contributed by atoms with Crippen molar-refractivity contribution in [2.75, 3.05) is 26.8 Å². The average Bonchev–Trinajstić information content (AvgIpc) is 2.87. The Kier molecular flexibility index (Phi) is 4.37. The number of amides is 2. The van der Waals surface area contributed by atoms with Crippen LogP contribution in [0.5, 0.6) is 0 Å². The molecule has 1 fully saturated rings. The number of carbonyl (C=O) groups excluding carboxylic acids is 2. The number of nitrogens with zero attached hydrogens (tertiary/aromatic N) is 1. The van der Waals surface area contributed by atoms with Crippen molar-refractivity contribution in [1.29, 1.82) is 0 Å². The third kappa shape index (κ3) is 2.84. The summed E-state index contributed by atoms with van der Waals surface area (Å²) < 4.78 is 5.08. The number of hydroxylamine groups is 1. The quantitative estimate of drug-likeness (QED) is 0.645. The van der Waals surface area contributed by atoms with Crippen molar-refractivity contribution >= 4 is 11.8 Å². The van der Waals surface area contributed by atoms with Crippen LogP contribution in [-0.2, 0) is 22.4 Å². The molecule has 0 aromatic heterocycles. The summed E-state index contributed by atoms with van der Waals surface area (Å²) >= 11 is 0. The maximum atomic E-state index is 12.8. The molecule has 1 aliphatic carbocycles. The maximum Gasteiger partial charge on any atom is 0.274 e. The molecule has 1 aromatic rings. The lowest BCUT2D eigenvalue weighted by Gasteiger charge is -2.33. The summed E-state index contributed by atoms with van der Waals surface area (Å²) in [6, 6.07) is 5.44. The zero-order valence-electron chi connectivity index (χ0n) is 13.3. The number of likely N-dealkylation sites (tertiary alicyclic amines) is 1. The normalized spacial score (nSPS) is 23.2. The first-order chi connectivity index (χ1) is 11.1. The van der Waals surface area contributed by atoms with Crippen LogP contribution in [-0.4, -0.2) is 48.7 Å². The number of ether oxygens (including phenoxy) is 1. The van der Waals surface area contributed by atoms with Crippen LogP contribution in [0.1, 0.15) is 34.3 Å². The van der Waals surface area contributed by atoms with E-state index in [0.29, 0.717) is 25.1 Å². The van der Waals surface area contributed by atoms with Gasteiger partial charge in [0.2, 0.25) is 5.91 Å². The summed E-state index contributed by atoms with van der Waals surface area (Å²) in [6.45, 7) is 1.96. The minimum atomic E-state index is -0.521. The molecule has 1 saturated heterocycles. The third-order valence-corrected chi connectivity index (χ3v) is 5.14.